The predicted molar refractivity (Wildman–Crippen MR) is 73.0 cm³/mol. The molecule has 2 nitrogen and oxygen atoms in total. The summed E-state index contributed by atoms with van der Waals surface area (Å²) < 4.78 is 4.59. The Hall–Kier alpha value is -0.790. The van der Waals surface area contributed by atoms with Crippen LogP contribution in [0.2, 0.25) is 0 Å². The Morgan fingerprint density at radius 3 is 2.06 bits per heavy atom. The summed E-state index contributed by atoms with van der Waals surface area (Å²) in [6.07, 6.45) is 16.1. The van der Waals surface area contributed by atoms with Gasteiger partial charge in [0.1, 0.15) is 0 Å². The third kappa shape index (κ3) is 13.1. The van der Waals surface area contributed by atoms with Crippen molar-refractivity contribution in [1.82, 2.24) is 0 Å². The van der Waals surface area contributed by atoms with E-state index in [4.69, 9.17) is 0 Å². The van der Waals surface area contributed by atoms with Gasteiger partial charge in [-0.3, -0.25) is 4.79 Å². The molecule has 0 spiro atoms. The molecule has 0 aliphatic carbocycles. The minimum Gasteiger partial charge on any atom is -0.469 e. The van der Waals surface area contributed by atoms with E-state index in [1.165, 1.54) is 45.6 Å². The fraction of sp³-hybridized carbons (Fsp3) is 0.800. The maximum absolute atomic E-state index is 10.8. The summed E-state index contributed by atoms with van der Waals surface area (Å²) in [6.45, 7) is 2.24. The summed E-state index contributed by atoms with van der Waals surface area (Å²) in [6, 6.07) is 0. The molecule has 0 rings (SSSR count). The Kier molecular flexibility index (Phi) is 12.7. The van der Waals surface area contributed by atoms with Crippen LogP contribution >= 0.6 is 0 Å². The summed E-state index contributed by atoms with van der Waals surface area (Å²) in [5, 5.41) is 0. The number of ether oxygens (including phenoxy) is 1. The van der Waals surface area contributed by atoms with Gasteiger partial charge in [-0.25, -0.2) is 0 Å². The van der Waals surface area contributed by atoms with Gasteiger partial charge in [0.15, 0.2) is 0 Å². The third-order valence-electron chi connectivity index (χ3n) is 2.87. The molecular weight excluding hydrogens is 212 g/mol. The van der Waals surface area contributed by atoms with E-state index in [1.807, 2.05) is 0 Å². The second-order valence-electron chi connectivity index (χ2n) is 4.50. The lowest BCUT2D eigenvalue weighted by molar-refractivity contribution is -0.140. The highest BCUT2D eigenvalue weighted by Crippen LogP contribution is 2.06. The first-order valence-electron chi connectivity index (χ1n) is 7.03. The second-order valence-corrected chi connectivity index (χ2v) is 4.50. The number of unbranched alkanes of at least 4 members (excludes halogenated alkanes) is 7. The summed E-state index contributed by atoms with van der Waals surface area (Å²) in [4.78, 5) is 10.8. The molecule has 0 aliphatic heterocycles. The molecule has 0 N–H and O–H groups in total. The standard InChI is InChI=1S/C15H28O2/c1-3-4-5-6-7-8-9-10-11-12-13-14-15(16)17-2/h8-9H,3-7,10-14H2,1-2H3. The van der Waals surface area contributed by atoms with Crippen LogP contribution in [-0.4, -0.2) is 13.1 Å². The van der Waals surface area contributed by atoms with Crippen molar-refractivity contribution in [3.05, 3.63) is 12.2 Å². The van der Waals surface area contributed by atoms with E-state index >= 15 is 0 Å². The first kappa shape index (κ1) is 16.2. The zero-order valence-electron chi connectivity index (χ0n) is 11.5. The lowest BCUT2D eigenvalue weighted by atomic mass is 10.1. The van der Waals surface area contributed by atoms with Crippen molar-refractivity contribution >= 4 is 5.97 Å². The summed E-state index contributed by atoms with van der Waals surface area (Å²) in [7, 11) is 1.45. The highest BCUT2D eigenvalue weighted by Gasteiger charge is 1.97. The molecule has 0 bridgehead atoms. The Labute approximate surface area is 106 Å². The molecule has 0 unspecified atom stereocenters. The van der Waals surface area contributed by atoms with Crippen LogP contribution in [0.4, 0.5) is 0 Å². The van der Waals surface area contributed by atoms with Gasteiger partial charge in [0.2, 0.25) is 0 Å². The Bertz CT molecular complexity index is 197. The van der Waals surface area contributed by atoms with E-state index in [1.54, 1.807) is 0 Å². The molecule has 0 amide bonds. The molecule has 100 valence electrons. The lowest BCUT2D eigenvalue weighted by Crippen LogP contribution is -1.98. The van der Waals surface area contributed by atoms with Gasteiger partial charge in [0, 0.05) is 6.42 Å². The smallest absolute Gasteiger partial charge is 0.305 e. The van der Waals surface area contributed by atoms with Gasteiger partial charge in [-0.05, 0) is 32.1 Å². The molecule has 0 atom stereocenters. The van der Waals surface area contributed by atoms with Gasteiger partial charge >= 0.3 is 5.97 Å². The third-order valence-corrected chi connectivity index (χ3v) is 2.87. The van der Waals surface area contributed by atoms with Gasteiger partial charge < -0.3 is 4.74 Å². The zero-order chi connectivity index (χ0) is 12.8. The van der Waals surface area contributed by atoms with Crippen molar-refractivity contribution in [3.63, 3.8) is 0 Å². The Morgan fingerprint density at radius 2 is 1.53 bits per heavy atom. The number of hydrogen-bond acceptors (Lipinski definition) is 2. The molecule has 0 aromatic carbocycles. The van der Waals surface area contributed by atoms with E-state index < -0.39 is 0 Å². The van der Waals surface area contributed by atoms with E-state index in [-0.39, 0.29) is 5.97 Å². The van der Waals surface area contributed by atoms with Crippen molar-refractivity contribution in [2.24, 2.45) is 0 Å². The molecule has 0 radical (unpaired) electrons. The van der Waals surface area contributed by atoms with E-state index in [2.05, 4.69) is 23.8 Å². The fourth-order valence-corrected chi connectivity index (χ4v) is 1.74. The normalized spacial score (nSPS) is 10.9. The number of allylic oxidation sites excluding steroid dienone is 2. The molecule has 0 heterocycles. The molecule has 17 heavy (non-hydrogen) atoms. The van der Waals surface area contributed by atoms with Crippen LogP contribution in [0, 0.1) is 0 Å². The number of methoxy groups -OCH3 is 1. The highest BCUT2D eigenvalue weighted by atomic mass is 16.5. The summed E-state index contributed by atoms with van der Waals surface area (Å²) in [5.74, 6) is -0.0866. The monoisotopic (exact) mass is 240 g/mol. The van der Waals surface area contributed by atoms with Crippen molar-refractivity contribution in [2.75, 3.05) is 7.11 Å². The van der Waals surface area contributed by atoms with Gasteiger partial charge in [0.25, 0.3) is 0 Å². The molecule has 2 heteroatoms. The molecular formula is C15H28O2. The topological polar surface area (TPSA) is 26.3 Å². The molecule has 0 aliphatic rings. The molecule has 0 saturated heterocycles. The largest absolute Gasteiger partial charge is 0.469 e. The van der Waals surface area contributed by atoms with Crippen LogP contribution < -0.4 is 0 Å². The SMILES string of the molecule is CCCCCCC=CCCCCCC(=O)OC. The number of hydrogen-bond donors (Lipinski definition) is 0. The van der Waals surface area contributed by atoms with Crippen molar-refractivity contribution < 1.29 is 9.53 Å². The van der Waals surface area contributed by atoms with E-state index in [0.29, 0.717) is 6.42 Å². The number of carbonyl (C=O) groups is 1. The highest BCUT2D eigenvalue weighted by molar-refractivity contribution is 5.68. The lowest BCUT2D eigenvalue weighted by Gasteiger charge is -1.98. The van der Waals surface area contributed by atoms with Crippen LogP contribution in [0.15, 0.2) is 12.2 Å². The van der Waals surface area contributed by atoms with Crippen LogP contribution in [0.25, 0.3) is 0 Å². The van der Waals surface area contributed by atoms with Gasteiger partial charge in [-0.1, -0.05) is 44.8 Å². The van der Waals surface area contributed by atoms with Crippen molar-refractivity contribution in [1.29, 1.82) is 0 Å². The number of rotatable bonds is 11. The molecule has 0 aromatic heterocycles. The minimum atomic E-state index is -0.0866. The quantitative estimate of drug-likeness (QED) is 0.299. The minimum absolute atomic E-state index is 0.0866. The van der Waals surface area contributed by atoms with Crippen LogP contribution in [0.1, 0.15) is 71.1 Å². The molecule has 0 saturated carbocycles. The number of carbonyl (C=O) groups excluding carboxylic acids is 1. The molecule has 0 aromatic rings. The van der Waals surface area contributed by atoms with Crippen LogP contribution in [0.5, 0.6) is 0 Å². The van der Waals surface area contributed by atoms with Gasteiger partial charge in [-0.2, -0.15) is 0 Å². The average molecular weight is 240 g/mol. The van der Waals surface area contributed by atoms with Crippen LogP contribution in [-0.2, 0) is 9.53 Å². The van der Waals surface area contributed by atoms with E-state index in [0.717, 1.165) is 19.3 Å². The summed E-state index contributed by atoms with van der Waals surface area (Å²) >= 11 is 0. The predicted octanol–water partition coefficient (Wildman–Crippen LogP) is 4.64. The Balaban J connectivity index is 3.11. The van der Waals surface area contributed by atoms with Crippen molar-refractivity contribution in [2.45, 2.75) is 71.1 Å². The maximum Gasteiger partial charge on any atom is 0.305 e. The fourth-order valence-electron chi connectivity index (χ4n) is 1.74. The van der Waals surface area contributed by atoms with Gasteiger partial charge in [-0.15, -0.1) is 0 Å². The summed E-state index contributed by atoms with van der Waals surface area (Å²) in [5.41, 5.74) is 0. The first-order valence-corrected chi connectivity index (χ1v) is 7.03. The first-order chi connectivity index (χ1) is 8.31. The average Bonchev–Trinajstić information content (AvgIpc) is 2.35. The van der Waals surface area contributed by atoms with E-state index in [9.17, 15) is 4.79 Å². The van der Waals surface area contributed by atoms with Crippen LogP contribution in [0.3, 0.4) is 0 Å². The Morgan fingerprint density at radius 1 is 0.941 bits per heavy atom. The van der Waals surface area contributed by atoms with Crippen molar-refractivity contribution in [3.8, 4) is 0 Å². The zero-order valence-corrected chi connectivity index (χ0v) is 11.5. The number of esters is 1. The maximum atomic E-state index is 10.8. The second kappa shape index (κ2) is 13.3. The molecule has 0 fully saturated rings. The van der Waals surface area contributed by atoms with Gasteiger partial charge in [0.05, 0.1) is 7.11 Å².